The number of aliphatic hydroxyl groups excluding tert-OH is 1. The number of hydrogen-bond donors (Lipinski definition) is 1. The van der Waals surface area contributed by atoms with Gasteiger partial charge in [0.15, 0.2) is 0 Å². The minimum atomic E-state index is -0.288. The molecule has 0 saturated heterocycles. The zero-order valence-corrected chi connectivity index (χ0v) is 3.40. The van der Waals surface area contributed by atoms with Crippen LogP contribution in [0.5, 0.6) is 0 Å². The van der Waals surface area contributed by atoms with Crippen molar-refractivity contribution in [2.24, 2.45) is 0 Å². The molecule has 0 aromatic heterocycles. The molecule has 0 rings (SSSR count). The molecule has 0 radical (unpaired) electrons. The van der Waals surface area contributed by atoms with Crippen LogP contribution in [0.15, 0.2) is 0 Å². The van der Waals surface area contributed by atoms with Gasteiger partial charge in [0.1, 0.15) is 12.9 Å². The minimum absolute atomic E-state index is 0.0660. The highest BCUT2D eigenvalue weighted by atomic mass is 35.5. The summed E-state index contributed by atoms with van der Waals surface area (Å²) in [6, 6.07) is 0.0660. The van der Waals surface area contributed by atoms with Crippen molar-refractivity contribution in [3.8, 4) is 0 Å². The molecule has 0 aromatic carbocycles. The van der Waals surface area contributed by atoms with Crippen LogP contribution in [0, 0.1) is 0 Å². The van der Waals surface area contributed by atoms with Gasteiger partial charge in [0.05, 0.1) is 0 Å². The normalized spacial score (nSPS) is 8.40. The molecule has 1 N–H and O–H groups in total. The second kappa shape index (κ2) is 4.21. The molecule has 0 heterocycles. The second-order valence-corrected chi connectivity index (χ2v) is 0.661. The lowest BCUT2D eigenvalue weighted by Gasteiger charge is -1.83. The highest BCUT2D eigenvalue weighted by Crippen LogP contribution is 1.71. The Balaban J connectivity index is 2.19. The molecule has 0 aliphatic carbocycles. The first-order chi connectivity index (χ1) is 2.41. The van der Waals surface area contributed by atoms with Crippen LogP contribution in [-0.4, -0.2) is 18.0 Å². The van der Waals surface area contributed by atoms with Crippen molar-refractivity contribution in [1.82, 2.24) is 0 Å². The molecule has 32 valence electrons. The lowest BCUT2D eigenvalue weighted by Crippen LogP contribution is -1.85. The zero-order valence-electron chi connectivity index (χ0n) is 2.65. The molecule has 0 fully saturated rings. The van der Waals surface area contributed by atoms with Crippen LogP contribution < -0.4 is 0 Å². The van der Waals surface area contributed by atoms with E-state index in [9.17, 15) is 0 Å². The molecule has 0 bridgehead atoms. The summed E-state index contributed by atoms with van der Waals surface area (Å²) in [4.78, 5) is 0. The molecule has 0 aromatic rings. The van der Waals surface area contributed by atoms with Gasteiger partial charge in [-0.3, -0.25) is 0 Å². The molecule has 0 unspecified atom stereocenters. The summed E-state index contributed by atoms with van der Waals surface area (Å²) in [7, 11) is 0. The number of rotatable bonds is 2. The second-order valence-electron chi connectivity index (χ2n) is 0.442. The van der Waals surface area contributed by atoms with Crippen LogP contribution >= 0.6 is 11.6 Å². The summed E-state index contributed by atoms with van der Waals surface area (Å²) in [6.45, 7) is -0.288. The van der Waals surface area contributed by atoms with E-state index in [0.717, 1.165) is 0 Å². The van der Waals surface area contributed by atoms with Crippen molar-refractivity contribution in [3.63, 3.8) is 0 Å². The number of hydrogen-bond acceptors (Lipinski definition) is 2. The largest absolute Gasteiger partial charge is 0.371 e. The standard InChI is InChI=1S/C2H5ClO2/c3-1-5-2-4/h4H,1-2H2. The number of ether oxygens (including phenoxy) is 1. The molecule has 0 amide bonds. The first-order valence-corrected chi connectivity index (χ1v) is 1.70. The Morgan fingerprint density at radius 2 is 2.40 bits per heavy atom. The van der Waals surface area contributed by atoms with Gasteiger partial charge in [0.2, 0.25) is 0 Å². The fourth-order valence-corrected chi connectivity index (χ4v) is 0.104. The Hall–Kier alpha value is 0.210. The molecule has 0 atom stereocenters. The minimum Gasteiger partial charge on any atom is -0.371 e. The highest BCUT2D eigenvalue weighted by molar-refractivity contribution is 6.17. The van der Waals surface area contributed by atoms with Crippen molar-refractivity contribution < 1.29 is 9.84 Å². The smallest absolute Gasteiger partial charge is 0.145 e. The summed E-state index contributed by atoms with van der Waals surface area (Å²) in [5.74, 6) is 0. The summed E-state index contributed by atoms with van der Waals surface area (Å²) < 4.78 is 4.15. The predicted molar refractivity (Wildman–Crippen MR) is 18.9 cm³/mol. The molecule has 0 saturated carbocycles. The van der Waals surface area contributed by atoms with Crippen LogP contribution in [0.4, 0.5) is 0 Å². The van der Waals surface area contributed by atoms with E-state index in [2.05, 4.69) is 4.74 Å². The first-order valence-electron chi connectivity index (χ1n) is 1.16. The Morgan fingerprint density at radius 1 is 1.80 bits per heavy atom. The monoisotopic (exact) mass is 96.0 g/mol. The van der Waals surface area contributed by atoms with Crippen molar-refractivity contribution in [3.05, 3.63) is 0 Å². The Kier molecular flexibility index (Phi) is 4.39. The Morgan fingerprint density at radius 3 is 2.40 bits per heavy atom. The van der Waals surface area contributed by atoms with Gasteiger partial charge >= 0.3 is 0 Å². The van der Waals surface area contributed by atoms with E-state index in [-0.39, 0.29) is 12.9 Å². The molecule has 2 nitrogen and oxygen atoms in total. The average molecular weight is 96.5 g/mol. The lowest BCUT2D eigenvalue weighted by atomic mass is 11.4. The Bertz CT molecular complexity index is 15.1. The highest BCUT2D eigenvalue weighted by Gasteiger charge is 1.67. The van der Waals surface area contributed by atoms with E-state index in [4.69, 9.17) is 16.7 Å². The molecular weight excluding hydrogens is 91.5 g/mol. The van der Waals surface area contributed by atoms with Crippen LogP contribution in [0.2, 0.25) is 0 Å². The van der Waals surface area contributed by atoms with E-state index in [0.29, 0.717) is 0 Å². The maximum atomic E-state index is 7.76. The van der Waals surface area contributed by atoms with Gasteiger partial charge in [-0.2, -0.15) is 0 Å². The zero-order chi connectivity index (χ0) is 4.12. The van der Waals surface area contributed by atoms with Crippen LogP contribution in [0.3, 0.4) is 0 Å². The molecule has 5 heavy (non-hydrogen) atoms. The average Bonchev–Trinajstić information content (AvgIpc) is 1.41. The van der Waals surface area contributed by atoms with Crippen molar-refractivity contribution >= 4 is 11.6 Å². The van der Waals surface area contributed by atoms with Gasteiger partial charge in [0.25, 0.3) is 0 Å². The summed E-state index contributed by atoms with van der Waals surface area (Å²) in [5.41, 5.74) is 0. The van der Waals surface area contributed by atoms with Crippen molar-refractivity contribution in [2.45, 2.75) is 0 Å². The maximum absolute atomic E-state index is 7.76. The first kappa shape index (κ1) is 5.21. The van der Waals surface area contributed by atoms with Gasteiger partial charge in [0, 0.05) is 0 Å². The van der Waals surface area contributed by atoms with E-state index >= 15 is 0 Å². The number of halogens is 1. The van der Waals surface area contributed by atoms with Gasteiger partial charge in [-0.05, 0) is 0 Å². The van der Waals surface area contributed by atoms with Gasteiger partial charge in [-0.25, -0.2) is 0 Å². The van der Waals surface area contributed by atoms with E-state index in [1.54, 1.807) is 0 Å². The van der Waals surface area contributed by atoms with E-state index in [1.807, 2.05) is 0 Å². The Labute approximate surface area is 35.3 Å². The van der Waals surface area contributed by atoms with Crippen LogP contribution in [0.25, 0.3) is 0 Å². The maximum Gasteiger partial charge on any atom is 0.145 e. The molecular formula is C2H5ClO2. The molecule has 0 aliphatic rings. The summed E-state index contributed by atoms with van der Waals surface area (Å²) in [6.07, 6.45) is 0. The van der Waals surface area contributed by atoms with Crippen LogP contribution in [-0.2, 0) is 4.74 Å². The SMILES string of the molecule is OCOCCl. The molecule has 0 spiro atoms. The fraction of sp³-hybridized carbons (Fsp3) is 1.00. The summed E-state index contributed by atoms with van der Waals surface area (Å²) in [5, 5.41) is 7.76. The van der Waals surface area contributed by atoms with Gasteiger partial charge in [-0.15, -0.1) is 0 Å². The molecule has 0 aliphatic heterocycles. The summed E-state index contributed by atoms with van der Waals surface area (Å²) >= 11 is 4.92. The van der Waals surface area contributed by atoms with E-state index in [1.165, 1.54) is 0 Å². The van der Waals surface area contributed by atoms with Gasteiger partial charge < -0.3 is 9.84 Å². The third kappa shape index (κ3) is 4.21. The van der Waals surface area contributed by atoms with Gasteiger partial charge in [-0.1, -0.05) is 11.6 Å². The van der Waals surface area contributed by atoms with Crippen molar-refractivity contribution in [2.75, 3.05) is 12.9 Å². The third-order valence-electron chi connectivity index (χ3n) is 0.168. The number of alkyl halides is 1. The quantitative estimate of drug-likeness (QED) is 0.392. The van der Waals surface area contributed by atoms with Crippen molar-refractivity contribution in [1.29, 1.82) is 0 Å². The fourth-order valence-electron chi connectivity index (χ4n) is 0.0345. The molecule has 3 heteroatoms. The predicted octanol–water partition coefficient (Wildman–Crippen LogP) is 0.149. The third-order valence-corrected chi connectivity index (χ3v) is 0.323. The van der Waals surface area contributed by atoms with E-state index < -0.39 is 0 Å². The number of aliphatic hydroxyl groups is 1. The van der Waals surface area contributed by atoms with Crippen LogP contribution in [0.1, 0.15) is 0 Å². The topological polar surface area (TPSA) is 29.5 Å². The lowest BCUT2D eigenvalue weighted by molar-refractivity contribution is 0.0220.